The molecule has 0 bridgehead atoms. The molecule has 0 radical (unpaired) electrons. The zero-order valence-corrected chi connectivity index (χ0v) is 14.9. The van der Waals surface area contributed by atoms with Gasteiger partial charge < -0.3 is 0 Å². The van der Waals surface area contributed by atoms with Crippen LogP contribution in [-0.4, -0.2) is 35.4 Å². The second kappa shape index (κ2) is 9.83. The molecule has 1 aromatic rings. The van der Waals surface area contributed by atoms with Crippen molar-refractivity contribution in [3.8, 4) is 0 Å². The number of nitrogens with one attached hydrogen (secondary N) is 6. The van der Waals surface area contributed by atoms with Crippen molar-refractivity contribution in [2.45, 2.75) is 0 Å². The molecule has 0 atom stereocenters. The Hall–Kier alpha value is -4.20. The minimum absolute atomic E-state index is 0.964. The van der Waals surface area contributed by atoms with Crippen LogP contribution in [0.1, 0.15) is 62.1 Å². The molecule has 0 saturated carbocycles. The van der Waals surface area contributed by atoms with Crippen LogP contribution in [-0.2, 0) is 0 Å². The SMILES string of the molecule is NNC(=O)c1c(C(=O)NN)c(C(=O)NN)c(C(=O)NN)c(C(=O)NN)c1C(=O)NN. The van der Waals surface area contributed by atoms with Gasteiger partial charge in [-0.25, -0.2) is 35.1 Å². The molecule has 6 amide bonds. The van der Waals surface area contributed by atoms with Crippen molar-refractivity contribution in [3.63, 3.8) is 0 Å². The number of benzene rings is 1. The first-order valence-corrected chi connectivity index (χ1v) is 7.46. The van der Waals surface area contributed by atoms with Gasteiger partial charge in [0.2, 0.25) is 0 Å². The average Bonchev–Trinajstić information content (AvgIpc) is 2.78. The van der Waals surface area contributed by atoms with Crippen LogP contribution in [0.15, 0.2) is 0 Å². The van der Waals surface area contributed by atoms with Crippen LogP contribution >= 0.6 is 0 Å². The summed E-state index contributed by atoms with van der Waals surface area (Å²) in [6, 6.07) is 0. The van der Waals surface area contributed by atoms with E-state index in [1.54, 1.807) is 32.6 Å². The van der Waals surface area contributed by atoms with Crippen molar-refractivity contribution in [2.24, 2.45) is 35.1 Å². The van der Waals surface area contributed by atoms with E-state index in [-0.39, 0.29) is 0 Å². The maximum atomic E-state index is 12.4. The monoisotopic (exact) mass is 426 g/mol. The molecule has 1 aromatic carbocycles. The van der Waals surface area contributed by atoms with Gasteiger partial charge in [-0.1, -0.05) is 0 Å². The maximum Gasteiger partial charge on any atom is 0.266 e. The lowest BCUT2D eigenvalue weighted by molar-refractivity contribution is 0.0874. The number of carbonyl (C=O) groups is 6. The lowest BCUT2D eigenvalue weighted by atomic mass is 9.84. The molecular formula is C12H18N12O6. The summed E-state index contributed by atoms with van der Waals surface area (Å²) in [6.45, 7) is 0. The molecule has 1 rings (SSSR count). The van der Waals surface area contributed by atoms with Crippen molar-refractivity contribution in [2.75, 3.05) is 0 Å². The van der Waals surface area contributed by atoms with Crippen molar-refractivity contribution in [1.82, 2.24) is 32.6 Å². The van der Waals surface area contributed by atoms with Crippen molar-refractivity contribution in [1.29, 1.82) is 0 Å². The Bertz CT molecular complexity index is 731. The van der Waals surface area contributed by atoms with Gasteiger partial charge in [-0.05, 0) is 0 Å². The van der Waals surface area contributed by atoms with Gasteiger partial charge in [0.15, 0.2) is 0 Å². The Balaban J connectivity index is 4.61. The van der Waals surface area contributed by atoms with E-state index < -0.39 is 68.8 Å². The largest absolute Gasteiger partial charge is 0.290 e. The van der Waals surface area contributed by atoms with Gasteiger partial charge in [-0.15, -0.1) is 0 Å². The topological polar surface area (TPSA) is 331 Å². The van der Waals surface area contributed by atoms with Crippen LogP contribution in [0.5, 0.6) is 0 Å². The first kappa shape index (κ1) is 23.8. The number of hydrogen-bond donors (Lipinski definition) is 12. The Kier molecular flexibility index (Phi) is 7.81. The minimum atomic E-state index is -1.36. The highest BCUT2D eigenvalue weighted by atomic mass is 16.2. The van der Waals surface area contributed by atoms with Crippen LogP contribution in [0.3, 0.4) is 0 Å². The van der Waals surface area contributed by atoms with Crippen LogP contribution in [0.4, 0.5) is 0 Å². The smallest absolute Gasteiger partial charge is 0.266 e. The molecule has 0 aliphatic heterocycles. The summed E-state index contributed by atoms with van der Waals surface area (Å²) in [4.78, 5) is 74.7. The zero-order chi connectivity index (χ0) is 23.2. The fourth-order valence-corrected chi connectivity index (χ4v) is 2.55. The Morgan fingerprint density at radius 3 is 0.500 bits per heavy atom. The van der Waals surface area contributed by atoms with E-state index >= 15 is 0 Å². The number of amides is 6. The van der Waals surface area contributed by atoms with Gasteiger partial charge in [0.05, 0.1) is 33.4 Å². The van der Waals surface area contributed by atoms with Crippen LogP contribution in [0.25, 0.3) is 0 Å². The second-order valence-electron chi connectivity index (χ2n) is 5.09. The molecular weight excluding hydrogens is 408 g/mol. The third-order valence-corrected chi connectivity index (χ3v) is 3.65. The van der Waals surface area contributed by atoms with Gasteiger partial charge in [-0.3, -0.25) is 61.3 Å². The summed E-state index contributed by atoms with van der Waals surface area (Å²) in [6.07, 6.45) is 0. The summed E-state index contributed by atoms with van der Waals surface area (Å²) in [5, 5.41) is 0. The van der Waals surface area contributed by atoms with Gasteiger partial charge in [0, 0.05) is 0 Å². The summed E-state index contributed by atoms with van der Waals surface area (Å²) in [5.41, 5.74) is 3.93. The van der Waals surface area contributed by atoms with E-state index in [2.05, 4.69) is 0 Å². The third-order valence-electron chi connectivity index (χ3n) is 3.65. The molecule has 18 N–H and O–H groups in total. The molecule has 0 aliphatic rings. The van der Waals surface area contributed by atoms with E-state index in [0.29, 0.717) is 0 Å². The Morgan fingerprint density at radius 1 is 0.333 bits per heavy atom. The lowest BCUT2D eigenvalue weighted by Crippen LogP contribution is -2.46. The first-order chi connectivity index (χ1) is 14.2. The fourth-order valence-electron chi connectivity index (χ4n) is 2.55. The minimum Gasteiger partial charge on any atom is -0.290 e. The van der Waals surface area contributed by atoms with E-state index in [9.17, 15) is 28.8 Å². The number of nitrogens with two attached hydrogens (primary N) is 6. The number of carbonyl (C=O) groups excluding carboxylic acids is 6. The molecule has 0 heterocycles. The Morgan fingerprint density at radius 2 is 0.433 bits per heavy atom. The van der Waals surface area contributed by atoms with Gasteiger partial charge in [-0.2, -0.15) is 0 Å². The third kappa shape index (κ3) is 3.97. The zero-order valence-electron chi connectivity index (χ0n) is 14.9. The standard InChI is InChI=1S/C12H18N12O6/c13-19-7(25)1-2(8(26)20-14)4(10(28)22-16)6(12(30)24-18)5(11(29)23-17)3(1)9(27)21-15/h13-18H2,(H,19,25)(H,20,26)(H,21,27)(H,22,28)(H,23,29)(H,24,30). The number of nitrogen functional groups attached to an aromatic ring is 6. The highest BCUT2D eigenvalue weighted by molar-refractivity contribution is 6.27. The van der Waals surface area contributed by atoms with Gasteiger partial charge in [0.25, 0.3) is 35.4 Å². The molecule has 0 aromatic heterocycles. The molecule has 0 unspecified atom stereocenters. The number of hydrogen-bond acceptors (Lipinski definition) is 12. The van der Waals surface area contributed by atoms with E-state index in [1.165, 1.54) is 0 Å². The fraction of sp³-hybridized carbons (Fsp3) is 0. The highest BCUT2D eigenvalue weighted by Crippen LogP contribution is 2.29. The van der Waals surface area contributed by atoms with Crippen molar-refractivity contribution >= 4 is 35.4 Å². The summed E-state index contributed by atoms with van der Waals surface area (Å²) in [5.74, 6) is 22.4. The number of rotatable bonds is 6. The van der Waals surface area contributed by atoms with E-state index in [4.69, 9.17) is 35.1 Å². The van der Waals surface area contributed by atoms with Crippen LogP contribution < -0.4 is 67.6 Å². The highest BCUT2D eigenvalue weighted by Gasteiger charge is 2.39. The van der Waals surface area contributed by atoms with Crippen LogP contribution in [0, 0.1) is 0 Å². The summed E-state index contributed by atoms with van der Waals surface area (Å²) >= 11 is 0. The molecule has 162 valence electrons. The van der Waals surface area contributed by atoms with E-state index in [0.717, 1.165) is 0 Å². The summed E-state index contributed by atoms with van der Waals surface area (Å²) < 4.78 is 0. The predicted octanol–water partition coefficient (Wildman–Crippen LogP) is -6.69. The first-order valence-electron chi connectivity index (χ1n) is 7.46. The Labute approximate surface area is 166 Å². The molecule has 30 heavy (non-hydrogen) atoms. The van der Waals surface area contributed by atoms with Crippen molar-refractivity contribution < 1.29 is 28.8 Å². The second-order valence-corrected chi connectivity index (χ2v) is 5.09. The van der Waals surface area contributed by atoms with E-state index in [1.807, 2.05) is 0 Å². The quantitative estimate of drug-likeness (QED) is 0.115. The van der Waals surface area contributed by atoms with Gasteiger partial charge in [0.1, 0.15) is 0 Å². The molecule has 0 fully saturated rings. The molecule has 0 saturated heterocycles. The normalized spacial score (nSPS) is 9.80. The lowest BCUT2D eigenvalue weighted by Gasteiger charge is -2.22. The average molecular weight is 426 g/mol. The maximum absolute atomic E-state index is 12.4. The molecule has 0 aliphatic carbocycles. The van der Waals surface area contributed by atoms with Crippen molar-refractivity contribution in [3.05, 3.63) is 33.4 Å². The molecule has 18 nitrogen and oxygen atoms in total. The predicted molar refractivity (Wildman–Crippen MR) is 96.4 cm³/mol. The number of hydrazine groups is 6. The molecule has 18 heteroatoms. The van der Waals surface area contributed by atoms with Crippen LogP contribution in [0.2, 0.25) is 0 Å². The van der Waals surface area contributed by atoms with Gasteiger partial charge >= 0.3 is 0 Å². The summed E-state index contributed by atoms with van der Waals surface area (Å²) in [7, 11) is 0. The molecule has 0 spiro atoms.